The van der Waals surface area contributed by atoms with Crippen LogP contribution in [-0.2, 0) is 30.3 Å². The number of carbonyl (C=O) groups is 4. The van der Waals surface area contributed by atoms with Gasteiger partial charge in [-0.2, -0.15) is 0 Å². The van der Waals surface area contributed by atoms with E-state index in [-0.39, 0.29) is 199 Å². The molecular formula is C23H31N4O5Rb3. The van der Waals surface area contributed by atoms with Crippen LogP contribution in [0.2, 0.25) is 0 Å². The summed E-state index contributed by atoms with van der Waals surface area (Å²) in [5.41, 5.74) is 1.12. The van der Waals surface area contributed by atoms with Crippen LogP contribution in [0.25, 0.3) is 16.0 Å². The van der Waals surface area contributed by atoms with Gasteiger partial charge in [0.25, 0.3) is 0 Å². The topological polar surface area (TPSA) is 123 Å². The molecular weight excluding hydrogens is 669 g/mol. The minimum Gasteiger partial charge on any atom is -0.662 e. The van der Waals surface area contributed by atoms with Gasteiger partial charge < -0.3 is 30.3 Å². The standard InChI is InChI=1S/C23H33N4O5.3Rb/c1-17(2)16-24-9-3-12-32-13-10-25-20(28)15-21(29)26-19-6-4-18(5-7-19)14-23(31)27-11-8-22(27)30;;;/h4-7,17H,3,8-16H2,1-2H3,(H2,25,26,28,29);;;/q-1;3*+1/p-2. The largest absolute Gasteiger partial charge is 1.00 e. The maximum Gasteiger partial charge on any atom is 1.00 e. The van der Waals surface area contributed by atoms with Crippen molar-refractivity contribution in [3.05, 3.63) is 45.8 Å². The molecule has 1 aromatic carbocycles. The fourth-order valence-corrected chi connectivity index (χ4v) is 2.87. The van der Waals surface area contributed by atoms with Crippen molar-refractivity contribution in [2.45, 2.75) is 39.5 Å². The Kier molecular flexibility index (Phi) is 26.5. The number of hydrogen-bond donors (Lipinski definition) is 0. The first-order valence-corrected chi connectivity index (χ1v) is 10.9. The second-order valence-electron chi connectivity index (χ2n) is 7.98. The van der Waals surface area contributed by atoms with Gasteiger partial charge in [-0.3, -0.25) is 14.5 Å². The molecule has 0 N–H and O–H groups in total. The first-order chi connectivity index (χ1) is 15.3. The first-order valence-electron chi connectivity index (χ1n) is 10.9. The molecule has 2 rings (SSSR count). The van der Waals surface area contributed by atoms with Crippen molar-refractivity contribution in [3.8, 4) is 0 Å². The Morgan fingerprint density at radius 3 is 2.26 bits per heavy atom. The number of imide groups is 1. The summed E-state index contributed by atoms with van der Waals surface area (Å²) in [7, 11) is 0. The van der Waals surface area contributed by atoms with Crippen LogP contribution in [0.4, 0.5) is 5.69 Å². The summed E-state index contributed by atoms with van der Waals surface area (Å²) in [6.07, 6.45) is 0.970. The maximum atomic E-state index is 12.0. The first kappa shape index (κ1) is 39.8. The number of β-lactam (4-membered cyclic amide) rings is 1. The van der Waals surface area contributed by atoms with Gasteiger partial charge in [-0.15, -0.1) is 25.3 Å². The van der Waals surface area contributed by atoms with Gasteiger partial charge in [-0.05, 0) is 12.0 Å². The number of amides is 4. The van der Waals surface area contributed by atoms with Crippen molar-refractivity contribution < 1.29 is 198 Å². The summed E-state index contributed by atoms with van der Waals surface area (Å²) < 4.78 is 5.40. The summed E-state index contributed by atoms with van der Waals surface area (Å²) in [5, 5.41) is 12.1. The number of benzene rings is 1. The second-order valence-corrected chi connectivity index (χ2v) is 7.98. The van der Waals surface area contributed by atoms with Crippen molar-refractivity contribution in [2.75, 3.05) is 39.4 Å². The summed E-state index contributed by atoms with van der Waals surface area (Å²) in [4.78, 5) is 48.2. The molecule has 0 bridgehead atoms. The smallest absolute Gasteiger partial charge is 0.662 e. The van der Waals surface area contributed by atoms with Crippen molar-refractivity contribution in [2.24, 2.45) is 5.92 Å². The summed E-state index contributed by atoms with van der Waals surface area (Å²) in [6.45, 7) is 7.43. The number of hydrogen-bond acceptors (Lipinski definition) is 5. The molecule has 1 fully saturated rings. The maximum absolute atomic E-state index is 12.0. The van der Waals surface area contributed by atoms with Crippen LogP contribution >= 0.6 is 0 Å². The van der Waals surface area contributed by atoms with E-state index in [0.717, 1.165) is 25.1 Å². The van der Waals surface area contributed by atoms with Crippen LogP contribution in [0, 0.1) is 5.92 Å². The summed E-state index contributed by atoms with van der Waals surface area (Å²) in [6, 6.07) is 6.55. The minimum atomic E-state index is -0.582. The number of ether oxygens (including phenoxy) is 1. The third-order valence-corrected chi connectivity index (χ3v) is 4.62. The number of carbonyl (C=O) groups excluding carboxylic acids is 4. The van der Waals surface area contributed by atoms with Crippen LogP contribution in [0.5, 0.6) is 0 Å². The quantitative estimate of drug-likeness (QED) is 0.109. The van der Waals surface area contributed by atoms with Crippen molar-refractivity contribution in [1.29, 1.82) is 0 Å². The van der Waals surface area contributed by atoms with E-state index in [1.165, 1.54) is 4.90 Å². The zero-order chi connectivity index (χ0) is 23.3. The Hall–Kier alpha value is 2.64. The SMILES string of the molecule is CC(C)C[N-]CCCOCC[N-]C(=O)CC(=O)[N-]c1ccc(CC(=O)N2CCC2=O)cc1.[Rb+].[Rb+].[Rb+]. The Labute approximate surface area is 355 Å². The molecule has 0 unspecified atom stereocenters. The summed E-state index contributed by atoms with van der Waals surface area (Å²) in [5.74, 6) is -0.938. The van der Waals surface area contributed by atoms with E-state index in [1.54, 1.807) is 24.3 Å². The normalized spacial score (nSPS) is 12.0. The fraction of sp³-hybridized carbons (Fsp3) is 0.565. The Bertz CT molecular complexity index is 794. The van der Waals surface area contributed by atoms with E-state index < -0.39 is 18.2 Å². The van der Waals surface area contributed by atoms with Gasteiger partial charge in [0.1, 0.15) is 0 Å². The zero-order valence-electron chi connectivity index (χ0n) is 21.8. The van der Waals surface area contributed by atoms with Gasteiger partial charge in [0.2, 0.25) is 11.8 Å². The van der Waals surface area contributed by atoms with Gasteiger partial charge in [0.05, 0.1) is 18.2 Å². The monoisotopic (exact) mass is 698 g/mol. The average molecular weight is 700 g/mol. The molecule has 1 heterocycles. The van der Waals surface area contributed by atoms with Crippen LogP contribution in [-0.4, -0.2) is 67.9 Å². The molecule has 0 aromatic heterocycles. The molecule has 0 radical (unpaired) electrons. The molecule has 0 aliphatic carbocycles. The molecule has 9 nitrogen and oxygen atoms in total. The average Bonchev–Trinajstić information content (AvgIpc) is 2.72. The van der Waals surface area contributed by atoms with Gasteiger partial charge in [0.15, 0.2) is 0 Å². The van der Waals surface area contributed by atoms with E-state index >= 15 is 0 Å². The zero-order valence-corrected chi connectivity index (χ0v) is 36.5. The molecule has 0 saturated carbocycles. The van der Waals surface area contributed by atoms with Crippen LogP contribution in [0.1, 0.15) is 38.7 Å². The van der Waals surface area contributed by atoms with E-state index in [4.69, 9.17) is 4.74 Å². The molecule has 0 atom stereocenters. The van der Waals surface area contributed by atoms with E-state index in [1.807, 2.05) is 0 Å². The van der Waals surface area contributed by atoms with E-state index in [2.05, 4.69) is 29.8 Å². The van der Waals surface area contributed by atoms with E-state index in [9.17, 15) is 19.2 Å². The summed E-state index contributed by atoms with van der Waals surface area (Å²) >= 11 is 0. The Morgan fingerprint density at radius 1 is 1.00 bits per heavy atom. The molecule has 35 heavy (non-hydrogen) atoms. The molecule has 0 spiro atoms. The van der Waals surface area contributed by atoms with Crippen molar-refractivity contribution >= 4 is 29.3 Å². The Morgan fingerprint density at radius 2 is 1.69 bits per heavy atom. The van der Waals surface area contributed by atoms with Gasteiger partial charge in [-0.1, -0.05) is 44.0 Å². The van der Waals surface area contributed by atoms with Crippen LogP contribution in [0.15, 0.2) is 24.3 Å². The van der Waals surface area contributed by atoms with Gasteiger partial charge in [0, 0.05) is 32.6 Å². The third kappa shape index (κ3) is 17.8. The molecule has 1 aliphatic rings. The van der Waals surface area contributed by atoms with Gasteiger partial charge in [-0.25, -0.2) is 0 Å². The third-order valence-electron chi connectivity index (χ3n) is 4.62. The van der Waals surface area contributed by atoms with Crippen LogP contribution in [0.3, 0.4) is 0 Å². The van der Waals surface area contributed by atoms with Crippen LogP contribution < -0.4 is 175 Å². The molecule has 1 aliphatic heterocycles. The molecule has 4 amide bonds. The van der Waals surface area contributed by atoms with Crippen molar-refractivity contribution in [3.63, 3.8) is 0 Å². The predicted octanol–water partition coefficient (Wildman–Crippen LogP) is -5.74. The minimum absolute atomic E-state index is 0. The second kappa shape index (κ2) is 23.4. The molecule has 1 aromatic rings. The van der Waals surface area contributed by atoms with Gasteiger partial charge >= 0.3 is 175 Å². The fourth-order valence-electron chi connectivity index (χ4n) is 2.87. The molecule has 176 valence electrons. The number of rotatable bonds is 14. The number of nitrogens with zero attached hydrogens (tertiary/aromatic N) is 4. The Balaban J connectivity index is 0. The molecule has 1 saturated heterocycles. The number of likely N-dealkylation sites (tertiary alicyclic amines) is 1. The van der Waals surface area contributed by atoms with Crippen molar-refractivity contribution in [1.82, 2.24) is 4.90 Å². The molecule has 12 heteroatoms. The predicted molar refractivity (Wildman–Crippen MR) is 121 cm³/mol. The van der Waals surface area contributed by atoms with E-state index in [0.29, 0.717) is 37.8 Å².